The summed E-state index contributed by atoms with van der Waals surface area (Å²) in [6.07, 6.45) is -3.82. The number of hydrogen-bond acceptors (Lipinski definition) is 0. The molecule has 0 aliphatic heterocycles. The van der Waals surface area contributed by atoms with Crippen LogP contribution in [0.4, 0.5) is 13.2 Å². The molecule has 2 rings (SSSR count). The van der Waals surface area contributed by atoms with Crippen molar-refractivity contribution in [3.05, 3.63) is 69.2 Å². The number of hydrogen-bond donors (Lipinski definition) is 0. The number of benzene rings is 2. The van der Waals surface area contributed by atoms with E-state index in [-0.39, 0.29) is 5.38 Å². The second-order valence-corrected chi connectivity index (χ2v) is 6.37. The zero-order valence-electron chi connectivity index (χ0n) is 11.2. The Morgan fingerprint density at radius 1 is 1.10 bits per heavy atom. The zero-order chi connectivity index (χ0) is 15.6. The fourth-order valence-electron chi connectivity index (χ4n) is 2.10. The van der Waals surface area contributed by atoms with Crippen LogP contribution in [0.1, 0.15) is 27.6 Å². The van der Waals surface area contributed by atoms with E-state index in [1.807, 2.05) is 25.1 Å². The van der Waals surface area contributed by atoms with Gasteiger partial charge in [-0.1, -0.05) is 34.1 Å². The summed E-state index contributed by atoms with van der Waals surface area (Å²) in [7, 11) is 0. The molecule has 0 saturated carbocycles. The average Bonchev–Trinajstić information content (AvgIpc) is 2.37. The minimum atomic E-state index is -4.31. The third-order valence-corrected chi connectivity index (χ3v) is 3.99. The van der Waals surface area contributed by atoms with E-state index >= 15 is 0 Å². The predicted molar refractivity (Wildman–Crippen MR) is 82.6 cm³/mol. The molecule has 2 aromatic carbocycles. The van der Waals surface area contributed by atoms with E-state index in [1.54, 1.807) is 0 Å². The number of halogens is 5. The first-order valence-electron chi connectivity index (χ1n) is 6.33. The monoisotopic (exact) mass is 376 g/mol. The Balaban J connectivity index is 2.14. The largest absolute Gasteiger partial charge is 0.416 e. The lowest BCUT2D eigenvalue weighted by Crippen LogP contribution is -2.05. The van der Waals surface area contributed by atoms with E-state index in [0.717, 1.165) is 33.3 Å². The van der Waals surface area contributed by atoms with E-state index in [1.165, 1.54) is 12.1 Å². The third-order valence-electron chi connectivity index (χ3n) is 3.12. The van der Waals surface area contributed by atoms with Crippen molar-refractivity contribution in [3.8, 4) is 0 Å². The summed E-state index contributed by atoms with van der Waals surface area (Å²) in [5, 5.41) is -0.280. The second kappa shape index (κ2) is 6.41. The Morgan fingerprint density at radius 2 is 1.71 bits per heavy atom. The molecule has 0 aromatic heterocycles. The molecule has 0 saturated heterocycles. The van der Waals surface area contributed by atoms with E-state index < -0.39 is 11.7 Å². The third kappa shape index (κ3) is 4.48. The van der Waals surface area contributed by atoms with E-state index in [4.69, 9.17) is 11.6 Å². The molecule has 5 heteroatoms. The minimum Gasteiger partial charge on any atom is -0.166 e. The lowest BCUT2D eigenvalue weighted by molar-refractivity contribution is -0.137. The van der Waals surface area contributed by atoms with Gasteiger partial charge in [-0.15, -0.1) is 11.6 Å². The van der Waals surface area contributed by atoms with Gasteiger partial charge in [0.1, 0.15) is 0 Å². The van der Waals surface area contributed by atoms with Crippen LogP contribution < -0.4 is 0 Å². The van der Waals surface area contributed by atoms with E-state index in [9.17, 15) is 13.2 Å². The van der Waals surface area contributed by atoms with Crippen LogP contribution in [-0.4, -0.2) is 0 Å². The fourth-order valence-corrected chi connectivity index (χ4v) is 3.03. The molecule has 0 aliphatic carbocycles. The normalized spacial score (nSPS) is 13.2. The maximum atomic E-state index is 12.5. The molecule has 0 nitrogen and oxygen atoms in total. The van der Waals surface area contributed by atoms with Gasteiger partial charge in [0.05, 0.1) is 10.9 Å². The number of alkyl halides is 4. The van der Waals surface area contributed by atoms with Crippen LogP contribution in [0.25, 0.3) is 0 Å². The van der Waals surface area contributed by atoms with Crippen LogP contribution >= 0.6 is 27.5 Å². The summed E-state index contributed by atoms with van der Waals surface area (Å²) in [4.78, 5) is 0. The molecule has 2 aromatic rings. The van der Waals surface area contributed by atoms with Gasteiger partial charge in [-0.25, -0.2) is 0 Å². The predicted octanol–water partition coefficient (Wildman–Crippen LogP) is 6.30. The van der Waals surface area contributed by atoms with Crippen molar-refractivity contribution < 1.29 is 13.2 Å². The highest BCUT2D eigenvalue weighted by Gasteiger charge is 2.29. The molecule has 0 fully saturated rings. The molecule has 1 unspecified atom stereocenters. The molecular formula is C16H13BrClF3. The van der Waals surface area contributed by atoms with Crippen LogP contribution in [0, 0.1) is 6.92 Å². The first-order valence-corrected chi connectivity index (χ1v) is 7.56. The molecule has 0 heterocycles. The first kappa shape index (κ1) is 16.4. The molecular weight excluding hydrogens is 365 g/mol. The summed E-state index contributed by atoms with van der Waals surface area (Å²) in [5.74, 6) is 0. The molecule has 0 radical (unpaired) electrons. The standard InChI is InChI=1S/C16H13BrClF3/c1-10-6-12(9-14(17)7-10)15(18)8-11-2-4-13(5-3-11)16(19,20)21/h2-7,9,15H,8H2,1H3. The summed E-state index contributed by atoms with van der Waals surface area (Å²) >= 11 is 9.79. The molecule has 0 amide bonds. The Hall–Kier alpha value is -1.00. The van der Waals surface area contributed by atoms with E-state index in [0.29, 0.717) is 6.42 Å². The summed E-state index contributed by atoms with van der Waals surface area (Å²) in [5.41, 5.74) is 2.16. The van der Waals surface area contributed by atoms with Crippen molar-refractivity contribution in [2.45, 2.75) is 24.9 Å². The van der Waals surface area contributed by atoms with Crippen LogP contribution in [0.15, 0.2) is 46.9 Å². The molecule has 0 N–H and O–H groups in total. The first-order chi connectivity index (χ1) is 9.75. The summed E-state index contributed by atoms with van der Waals surface area (Å²) in [6.45, 7) is 1.97. The van der Waals surface area contributed by atoms with Crippen LogP contribution in [0.3, 0.4) is 0 Å². The lowest BCUT2D eigenvalue weighted by atomic mass is 10.0. The second-order valence-electron chi connectivity index (χ2n) is 4.93. The Morgan fingerprint density at radius 3 is 2.24 bits per heavy atom. The van der Waals surface area contributed by atoms with Gasteiger partial charge in [-0.3, -0.25) is 0 Å². The van der Waals surface area contributed by atoms with Gasteiger partial charge in [0, 0.05) is 4.47 Å². The minimum absolute atomic E-state index is 0.280. The number of aryl methyl sites for hydroxylation is 1. The van der Waals surface area contributed by atoms with Crippen molar-refractivity contribution in [1.82, 2.24) is 0 Å². The molecule has 0 spiro atoms. The highest BCUT2D eigenvalue weighted by molar-refractivity contribution is 9.10. The maximum absolute atomic E-state index is 12.5. The molecule has 0 bridgehead atoms. The lowest BCUT2D eigenvalue weighted by Gasteiger charge is -2.13. The van der Waals surface area contributed by atoms with Gasteiger partial charge in [0.2, 0.25) is 0 Å². The topological polar surface area (TPSA) is 0 Å². The quantitative estimate of drug-likeness (QED) is 0.551. The Bertz CT molecular complexity index is 600. The van der Waals surface area contributed by atoms with Gasteiger partial charge in [-0.2, -0.15) is 13.2 Å². The molecule has 0 aliphatic rings. The van der Waals surface area contributed by atoms with Gasteiger partial charge in [-0.05, 0) is 54.3 Å². The van der Waals surface area contributed by atoms with Gasteiger partial charge in [0.25, 0.3) is 0 Å². The van der Waals surface area contributed by atoms with Gasteiger partial charge < -0.3 is 0 Å². The van der Waals surface area contributed by atoms with Crippen LogP contribution in [0.2, 0.25) is 0 Å². The molecule has 21 heavy (non-hydrogen) atoms. The fraction of sp³-hybridized carbons (Fsp3) is 0.250. The van der Waals surface area contributed by atoms with Crippen molar-refractivity contribution in [1.29, 1.82) is 0 Å². The Kier molecular flexibility index (Phi) is 4.99. The van der Waals surface area contributed by atoms with Gasteiger partial charge >= 0.3 is 6.18 Å². The van der Waals surface area contributed by atoms with Gasteiger partial charge in [0.15, 0.2) is 0 Å². The maximum Gasteiger partial charge on any atom is 0.416 e. The van der Waals surface area contributed by atoms with Crippen LogP contribution in [-0.2, 0) is 12.6 Å². The highest BCUT2D eigenvalue weighted by Crippen LogP contribution is 2.31. The van der Waals surface area contributed by atoms with Crippen molar-refractivity contribution >= 4 is 27.5 Å². The highest BCUT2D eigenvalue weighted by atomic mass is 79.9. The molecule has 1 atom stereocenters. The molecule has 112 valence electrons. The number of rotatable bonds is 3. The van der Waals surface area contributed by atoms with Crippen LogP contribution in [0.5, 0.6) is 0 Å². The average molecular weight is 378 g/mol. The van der Waals surface area contributed by atoms with Crippen molar-refractivity contribution in [2.24, 2.45) is 0 Å². The Labute approximate surface area is 135 Å². The van der Waals surface area contributed by atoms with Crippen molar-refractivity contribution in [2.75, 3.05) is 0 Å². The SMILES string of the molecule is Cc1cc(Br)cc(C(Cl)Cc2ccc(C(F)(F)F)cc2)c1. The van der Waals surface area contributed by atoms with Crippen molar-refractivity contribution in [3.63, 3.8) is 0 Å². The summed E-state index contributed by atoms with van der Waals surface area (Å²) in [6, 6.07) is 11.0. The smallest absolute Gasteiger partial charge is 0.166 e. The zero-order valence-corrected chi connectivity index (χ0v) is 13.6. The van der Waals surface area contributed by atoms with E-state index in [2.05, 4.69) is 15.9 Å². The summed E-state index contributed by atoms with van der Waals surface area (Å²) < 4.78 is 38.5.